The van der Waals surface area contributed by atoms with Crippen LogP contribution in [0.3, 0.4) is 0 Å². The first-order chi connectivity index (χ1) is 10.3. The van der Waals surface area contributed by atoms with Gasteiger partial charge in [0.1, 0.15) is 0 Å². The molecule has 23 heavy (non-hydrogen) atoms. The lowest BCUT2D eigenvalue weighted by atomic mass is 10.1. The van der Waals surface area contributed by atoms with Crippen molar-refractivity contribution in [1.82, 2.24) is 4.72 Å². The molecule has 130 valence electrons. The maximum absolute atomic E-state index is 12.6. The monoisotopic (exact) mass is 456 g/mol. The molecular formula is C15H22BrClN2OS3. The number of halogens is 2. The van der Waals surface area contributed by atoms with Gasteiger partial charge < -0.3 is 0 Å². The molecule has 1 heterocycles. The molecule has 0 amide bonds. The second-order valence-electron chi connectivity index (χ2n) is 6.95. The van der Waals surface area contributed by atoms with Crippen LogP contribution in [0.15, 0.2) is 9.85 Å². The number of hydrogen-bond acceptors (Lipinski definition) is 4. The summed E-state index contributed by atoms with van der Waals surface area (Å²) in [5.74, 6) is 0.585. The van der Waals surface area contributed by atoms with E-state index < -0.39 is 26.0 Å². The van der Waals surface area contributed by atoms with E-state index in [9.17, 15) is 9.47 Å². The van der Waals surface area contributed by atoms with Crippen molar-refractivity contribution in [3.8, 4) is 6.07 Å². The van der Waals surface area contributed by atoms with Crippen molar-refractivity contribution in [3.63, 3.8) is 0 Å². The average molecular weight is 458 g/mol. The summed E-state index contributed by atoms with van der Waals surface area (Å²) in [6.45, 7) is 11.5. The Morgan fingerprint density at radius 3 is 2.35 bits per heavy atom. The molecule has 0 aromatic carbocycles. The molecule has 0 saturated carbocycles. The molecule has 0 spiro atoms. The van der Waals surface area contributed by atoms with Gasteiger partial charge in [0.25, 0.3) is 0 Å². The second kappa shape index (κ2) is 7.76. The molecule has 2 unspecified atom stereocenters. The van der Waals surface area contributed by atoms with Crippen LogP contribution in [0.1, 0.15) is 46.4 Å². The summed E-state index contributed by atoms with van der Waals surface area (Å²) >= 11 is 12.9. The molecule has 1 rings (SSSR count). The van der Waals surface area contributed by atoms with Crippen LogP contribution in [-0.2, 0) is 16.5 Å². The predicted octanol–water partition coefficient (Wildman–Crippen LogP) is 5.47. The highest BCUT2D eigenvalue weighted by Gasteiger charge is 2.37. The van der Waals surface area contributed by atoms with Gasteiger partial charge in [-0.15, -0.1) is 23.1 Å². The molecule has 0 aliphatic rings. The first kappa shape index (κ1) is 21.5. The van der Waals surface area contributed by atoms with Gasteiger partial charge in [0, 0.05) is 10.6 Å². The number of nitriles is 1. The first-order valence-electron chi connectivity index (χ1n) is 7.01. The number of rotatable bonds is 6. The highest BCUT2D eigenvalue weighted by atomic mass is 79.9. The fourth-order valence-electron chi connectivity index (χ4n) is 1.57. The van der Waals surface area contributed by atoms with E-state index in [1.165, 1.54) is 23.1 Å². The molecule has 2 atom stereocenters. The van der Waals surface area contributed by atoms with E-state index in [2.05, 4.69) is 26.7 Å². The summed E-state index contributed by atoms with van der Waals surface area (Å²) in [5, 5.41) is 9.89. The van der Waals surface area contributed by atoms with Gasteiger partial charge >= 0.3 is 0 Å². The zero-order valence-electron chi connectivity index (χ0n) is 14.1. The van der Waals surface area contributed by atoms with Gasteiger partial charge in [-0.05, 0) is 63.5 Å². The molecule has 0 aliphatic carbocycles. The van der Waals surface area contributed by atoms with E-state index in [1.54, 1.807) is 0 Å². The third-order valence-electron chi connectivity index (χ3n) is 3.02. The second-order valence-corrected chi connectivity index (χ2v) is 13.4. The normalized spacial score (nSPS) is 16.7. The topological polar surface area (TPSA) is 52.9 Å². The molecule has 3 nitrogen and oxygen atoms in total. The Labute approximate surface area is 163 Å². The van der Waals surface area contributed by atoms with Crippen LogP contribution in [0.25, 0.3) is 0 Å². The molecule has 1 aromatic heterocycles. The molecule has 0 radical (unpaired) electrons. The van der Waals surface area contributed by atoms with E-state index in [1.807, 2.05) is 47.6 Å². The Morgan fingerprint density at radius 1 is 1.39 bits per heavy atom. The molecule has 8 heteroatoms. The summed E-state index contributed by atoms with van der Waals surface area (Å²) in [6.07, 6.45) is 0. The van der Waals surface area contributed by atoms with Crippen molar-refractivity contribution in [2.45, 2.75) is 56.6 Å². The van der Waals surface area contributed by atoms with Crippen molar-refractivity contribution in [2.24, 2.45) is 0 Å². The van der Waals surface area contributed by atoms with Crippen LogP contribution in [-0.4, -0.2) is 19.5 Å². The van der Waals surface area contributed by atoms with Crippen LogP contribution in [0.5, 0.6) is 0 Å². The minimum atomic E-state index is -1.25. The van der Waals surface area contributed by atoms with E-state index in [0.717, 1.165) is 8.66 Å². The van der Waals surface area contributed by atoms with Crippen molar-refractivity contribution >= 4 is 61.6 Å². The van der Waals surface area contributed by atoms with Gasteiger partial charge in [-0.1, -0.05) is 11.6 Å². The predicted molar refractivity (Wildman–Crippen MR) is 108 cm³/mol. The molecule has 0 bridgehead atoms. The Bertz CT molecular complexity index is 634. The minimum Gasteiger partial charge on any atom is -0.242 e. The number of thiophene rings is 1. The SMILES string of the molecule is CC(C)(C#N)SCC(C)(NS(=O)C(C)(C)C)c1sc(Br)cc1Cl. The van der Waals surface area contributed by atoms with Gasteiger partial charge in [0.2, 0.25) is 0 Å². The Morgan fingerprint density at radius 2 is 1.96 bits per heavy atom. The van der Waals surface area contributed by atoms with Gasteiger partial charge in [0.05, 0.1) is 40.9 Å². The molecule has 1 N–H and O–H groups in total. The molecule has 1 aromatic rings. The lowest BCUT2D eigenvalue weighted by molar-refractivity contribution is 0.504. The minimum absolute atomic E-state index is 0.391. The fourth-order valence-corrected chi connectivity index (χ4v) is 5.86. The van der Waals surface area contributed by atoms with E-state index in [4.69, 9.17) is 11.6 Å². The van der Waals surface area contributed by atoms with Crippen LogP contribution >= 0.6 is 50.6 Å². The molecular weight excluding hydrogens is 436 g/mol. The zero-order valence-corrected chi connectivity index (χ0v) is 18.9. The van der Waals surface area contributed by atoms with Crippen molar-refractivity contribution in [3.05, 3.63) is 19.8 Å². The van der Waals surface area contributed by atoms with Crippen LogP contribution in [0.4, 0.5) is 0 Å². The zero-order chi connectivity index (χ0) is 18.1. The number of nitrogens with one attached hydrogen (secondary N) is 1. The highest BCUT2D eigenvalue weighted by Crippen LogP contribution is 2.42. The van der Waals surface area contributed by atoms with Gasteiger partial charge in [0.15, 0.2) is 0 Å². The number of thioether (sulfide) groups is 1. The Kier molecular flexibility index (Phi) is 7.24. The first-order valence-corrected chi connectivity index (χ1v) is 11.1. The lowest BCUT2D eigenvalue weighted by Gasteiger charge is -2.34. The Balaban J connectivity index is 3.18. The lowest BCUT2D eigenvalue weighted by Crippen LogP contribution is -2.48. The van der Waals surface area contributed by atoms with Crippen LogP contribution < -0.4 is 4.72 Å². The fraction of sp³-hybridized carbons (Fsp3) is 0.667. The Hall–Kier alpha value is 0.420. The summed E-state index contributed by atoms with van der Waals surface area (Å²) in [6, 6.07) is 4.14. The van der Waals surface area contributed by atoms with E-state index in [0.29, 0.717) is 10.8 Å². The van der Waals surface area contributed by atoms with Gasteiger partial charge in [-0.25, -0.2) is 8.93 Å². The van der Waals surface area contributed by atoms with Crippen LogP contribution in [0, 0.1) is 11.3 Å². The summed E-state index contributed by atoms with van der Waals surface area (Å²) in [5.41, 5.74) is -0.593. The quantitative estimate of drug-likeness (QED) is 0.616. The number of hydrogen-bond donors (Lipinski definition) is 1. The van der Waals surface area contributed by atoms with Crippen molar-refractivity contribution in [2.75, 3.05) is 5.75 Å². The van der Waals surface area contributed by atoms with E-state index in [-0.39, 0.29) is 0 Å². The third-order valence-corrected chi connectivity index (χ3v) is 8.62. The average Bonchev–Trinajstić information content (AvgIpc) is 2.75. The molecule has 0 aliphatic heterocycles. The smallest absolute Gasteiger partial charge is 0.0979 e. The summed E-state index contributed by atoms with van der Waals surface area (Å²) in [4.78, 5) is 0.921. The van der Waals surface area contributed by atoms with Crippen LogP contribution in [0.2, 0.25) is 5.02 Å². The van der Waals surface area contributed by atoms with Crippen molar-refractivity contribution in [1.29, 1.82) is 5.26 Å². The summed E-state index contributed by atoms with van der Waals surface area (Å²) in [7, 11) is -1.25. The maximum atomic E-state index is 12.6. The van der Waals surface area contributed by atoms with Crippen molar-refractivity contribution < 1.29 is 4.21 Å². The molecule has 0 saturated heterocycles. The molecule has 0 fully saturated rings. The summed E-state index contributed by atoms with van der Waals surface area (Å²) < 4.78 is 15.9. The van der Waals surface area contributed by atoms with Gasteiger partial charge in [-0.2, -0.15) is 5.26 Å². The standard InChI is InChI=1S/C15H22BrClN2OS3/c1-13(2,3)23(20)19-15(6,9-21-14(4,5)8-18)12-10(17)7-11(16)22-12/h7,19H,9H2,1-6H3. The van der Waals surface area contributed by atoms with E-state index >= 15 is 0 Å². The maximum Gasteiger partial charge on any atom is 0.0979 e. The largest absolute Gasteiger partial charge is 0.242 e. The number of nitrogens with zero attached hydrogens (tertiary/aromatic N) is 1. The highest BCUT2D eigenvalue weighted by molar-refractivity contribution is 9.11. The third kappa shape index (κ3) is 6.02. The van der Waals surface area contributed by atoms with Gasteiger partial charge in [-0.3, -0.25) is 0 Å².